The molecule has 0 aliphatic carbocycles. The molecular formula is C12H22ClNO2. The molecule has 0 N–H and O–H groups in total. The first kappa shape index (κ1) is 13.8. The molecule has 4 heteroatoms. The Morgan fingerprint density at radius 2 is 2.12 bits per heavy atom. The van der Waals surface area contributed by atoms with Gasteiger partial charge in [-0.15, -0.1) is 11.6 Å². The third-order valence-electron chi connectivity index (χ3n) is 2.75. The molecule has 3 nitrogen and oxygen atoms in total. The molecule has 1 saturated heterocycles. The number of hydrogen-bond acceptors (Lipinski definition) is 2. The fourth-order valence-electron chi connectivity index (χ4n) is 1.85. The molecule has 0 aromatic rings. The molecule has 1 heterocycles. The lowest BCUT2D eigenvalue weighted by Gasteiger charge is -2.35. The Kier molecular flexibility index (Phi) is 5.06. The number of hydrogen-bond donors (Lipinski definition) is 0. The number of rotatable bonds is 3. The molecule has 94 valence electrons. The smallest absolute Gasteiger partial charge is 0.248 e. The Morgan fingerprint density at radius 3 is 2.69 bits per heavy atom. The predicted octanol–water partition coefficient (Wildman–Crippen LogP) is 2.42. The molecule has 1 rings (SSSR count). The zero-order valence-corrected chi connectivity index (χ0v) is 11.2. The minimum atomic E-state index is -0.262. The van der Waals surface area contributed by atoms with Gasteiger partial charge in [-0.1, -0.05) is 0 Å². The number of nitrogens with zero attached hydrogens (tertiary/aromatic N) is 1. The molecule has 0 bridgehead atoms. The topological polar surface area (TPSA) is 29.5 Å². The van der Waals surface area contributed by atoms with Crippen LogP contribution in [0.25, 0.3) is 0 Å². The highest BCUT2D eigenvalue weighted by atomic mass is 35.5. The summed E-state index contributed by atoms with van der Waals surface area (Å²) in [5, 5.41) is 0. The second-order valence-corrected chi connectivity index (χ2v) is 5.60. The van der Waals surface area contributed by atoms with Crippen molar-refractivity contribution in [3.63, 3.8) is 0 Å². The molecule has 1 atom stereocenters. The van der Waals surface area contributed by atoms with E-state index in [1.807, 2.05) is 25.7 Å². The summed E-state index contributed by atoms with van der Waals surface area (Å²) in [7, 11) is 0. The summed E-state index contributed by atoms with van der Waals surface area (Å²) in [5.41, 5.74) is -0.262. The molecule has 1 fully saturated rings. The summed E-state index contributed by atoms with van der Waals surface area (Å²) in [6, 6.07) is 0.200. The van der Waals surface area contributed by atoms with Crippen molar-refractivity contribution in [3.05, 3.63) is 0 Å². The predicted molar refractivity (Wildman–Crippen MR) is 65.8 cm³/mol. The van der Waals surface area contributed by atoms with E-state index in [1.165, 1.54) is 6.42 Å². The number of carbonyl (C=O) groups excluding carboxylic acids is 1. The van der Waals surface area contributed by atoms with Gasteiger partial charge in [0.2, 0.25) is 5.91 Å². The van der Waals surface area contributed by atoms with Crippen molar-refractivity contribution in [2.75, 3.05) is 19.0 Å². The van der Waals surface area contributed by atoms with E-state index >= 15 is 0 Å². The lowest BCUT2D eigenvalue weighted by molar-refractivity contribution is -0.144. The molecule has 16 heavy (non-hydrogen) atoms. The van der Waals surface area contributed by atoms with E-state index in [0.29, 0.717) is 5.88 Å². The Balaban J connectivity index is 2.45. The Morgan fingerprint density at radius 1 is 1.44 bits per heavy atom. The van der Waals surface area contributed by atoms with Gasteiger partial charge < -0.3 is 9.64 Å². The molecule has 0 aromatic heterocycles. The summed E-state index contributed by atoms with van der Waals surface area (Å²) in [6.07, 6.45) is 3.26. The third-order valence-corrected chi connectivity index (χ3v) is 3.11. The summed E-state index contributed by atoms with van der Waals surface area (Å²) >= 11 is 5.87. The molecule has 0 spiro atoms. The fourth-order valence-corrected chi connectivity index (χ4v) is 2.17. The lowest BCUT2D eigenvalue weighted by Crippen LogP contribution is -2.47. The lowest BCUT2D eigenvalue weighted by atomic mass is 10.0. The first-order chi connectivity index (χ1) is 7.44. The molecular weight excluding hydrogens is 226 g/mol. The van der Waals surface area contributed by atoms with E-state index in [-0.39, 0.29) is 24.2 Å². The van der Waals surface area contributed by atoms with Gasteiger partial charge in [0.1, 0.15) is 6.61 Å². The van der Waals surface area contributed by atoms with Crippen molar-refractivity contribution in [1.82, 2.24) is 4.90 Å². The maximum Gasteiger partial charge on any atom is 0.248 e. The number of piperidine rings is 1. The average Bonchev–Trinajstić information content (AvgIpc) is 2.25. The van der Waals surface area contributed by atoms with Gasteiger partial charge >= 0.3 is 0 Å². The average molecular weight is 248 g/mol. The van der Waals surface area contributed by atoms with Crippen molar-refractivity contribution in [2.24, 2.45) is 0 Å². The van der Waals surface area contributed by atoms with E-state index in [0.717, 1.165) is 19.4 Å². The van der Waals surface area contributed by atoms with Crippen molar-refractivity contribution in [1.29, 1.82) is 0 Å². The van der Waals surface area contributed by atoms with Gasteiger partial charge in [0, 0.05) is 18.5 Å². The molecule has 1 aliphatic heterocycles. The van der Waals surface area contributed by atoms with E-state index in [4.69, 9.17) is 16.3 Å². The maximum absolute atomic E-state index is 12.0. The monoisotopic (exact) mass is 247 g/mol. The zero-order valence-electron chi connectivity index (χ0n) is 10.5. The summed E-state index contributed by atoms with van der Waals surface area (Å²) in [6.45, 7) is 6.85. The maximum atomic E-state index is 12.0. The van der Waals surface area contributed by atoms with Crippen molar-refractivity contribution >= 4 is 17.5 Å². The van der Waals surface area contributed by atoms with Gasteiger partial charge in [0.15, 0.2) is 0 Å². The van der Waals surface area contributed by atoms with Crippen LogP contribution in [-0.4, -0.2) is 41.5 Å². The quantitative estimate of drug-likeness (QED) is 0.717. The number of carbonyl (C=O) groups is 1. The van der Waals surface area contributed by atoms with Crippen LogP contribution in [0.4, 0.5) is 0 Å². The summed E-state index contributed by atoms with van der Waals surface area (Å²) in [5.74, 6) is 0.599. The molecule has 0 saturated carbocycles. The fraction of sp³-hybridized carbons (Fsp3) is 0.917. The molecule has 1 unspecified atom stereocenters. The number of likely N-dealkylation sites (tertiary alicyclic amines) is 1. The minimum Gasteiger partial charge on any atom is -0.366 e. The van der Waals surface area contributed by atoms with Gasteiger partial charge in [-0.2, -0.15) is 0 Å². The van der Waals surface area contributed by atoms with Gasteiger partial charge in [-0.25, -0.2) is 0 Å². The second-order valence-electron chi connectivity index (χ2n) is 5.29. The van der Waals surface area contributed by atoms with Crippen LogP contribution in [0.5, 0.6) is 0 Å². The van der Waals surface area contributed by atoms with E-state index < -0.39 is 0 Å². The van der Waals surface area contributed by atoms with Gasteiger partial charge in [-0.05, 0) is 40.0 Å². The van der Waals surface area contributed by atoms with Crippen LogP contribution in [0, 0.1) is 0 Å². The second kappa shape index (κ2) is 5.87. The Labute approximate surface area is 103 Å². The van der Waals surface area contributed by atoms with Crippen molar-refractivity contribution < 1.29 is 9.53 Å². The molecule has 1 aliphatic rings. The van der Waals surface area contributed by atoms with Crippen LogP contribution in [-0.2, 0) is 9.53 Å². The summed E-state index contributed by atoms with van der Waals surface area (Å²) < 4.78 is 5.50. The van der Waals surface area contributed by atoms with Crippen LogP contribution in [0.2, 0.25) is 0 Å². The number of alkyl halides is 1. The van der Waals surface area contributed by atoms with Crippen molar-refractivity contribution in [2.45, 2.75) is 51.7 Å². The number of ether oxygens (including phenoxy) is 1. The highest BCUT2D eigenvalue weighted by Crippen LogP contribution is 2.18. The normalized spacial score (nSPS) is 22.2. The van der Waals surface area contributed by atoms with Crippen molar-refractivity contribution in [3.8, 4) is 0 Å². The standard InChI is InChI=1S/C12H22ClNO2/c1-12(2,3)16-9-11(15)14-7-5-4-6-10(14)8-13/h10H,4-9H2,1-3H3. The minimum absolute atomic E-state index is 0.0697. The SMILES string of the molecule is CC(C)(C)OCC(=O)N1CCCCC1CCl. The number of amides is 1. The third kappa shape index (κ3) is 4.30. The number of halogens is 1. The highest BCUT2D eigenvalue weighted by Gasteiger charge is 2.26. The van der Waals surface area contributed by atoms with E-state index in [2.05, 4.69) is 0 Å². The molecule has 0 aromatic carbocycles. The first-order valence-corrected chi connectivity index (χ1v) is 6.47. The van der Waals surface area contributed by atoms with E-state index in [9.17, 15) is 4.79 Å². The molecule has 1 amide bonds. The van der Waals surface area contributed by atoms with Crippen LogP contribution < -0.4 is 0 Å². The highest BCUT2D eigenvalue weighted by molar-refractivity contribution is 6.18. The zero-order chi connectivity index (χ0) is 12.2. The van der Waals surface area contributed by atoms with Gasteiger partial charge in [-0.3, -0.25) is 4.79 Å². The Bertz CT molecular complexity index is 238. The van der Waals surface area contributed by atoms with E-state index in [1.54, 1.807) is 0 Å². The van der Waals surface area contributed by atoms with Crippen LogP contribution >= 0.6 is 11.6 Å². The van der Waals surface area contributed by atoms with Crippen LogP contribution in [0.1, 0.15) is 40.0 Å². The van der Waals surface area contributed by atoms with Crippen LogP contribution in [0.15, 0.2) is 0 Å². The Hall–Kier alpha value is -0.280. The van der Waals surface area contributed by atoms with Gasteiger partial charge in [0.05, 0.1) is 5.60 Å². The van der Waals surface area contributed by atoms with Crippen LogP contribution in [0.3, 0.4) is 0 Å². The summed E-state index contributed by atoms with van der Waals surface area (Å²) in [4.78, 5) is 13.8. The van der Waals surface area contributed by atoms with Gasteiger partial charge in [0.25, 0.3) is 0 Å². The largest absolute Gasteiger partial charge is 0.366 e. The molecule has 0 radical (unpaired) electrons. The first-order valence-electron chi connectivity index (χ1n) is 5.93.